The summed E-state index contributed by atoms with van der Waals surface area (Å²) in [5.41, 5.74) is 13.9. The molecule has 0 saturated carbocycles. The summed E-state index contributed by atoms with van der Waals surface area (Å²) in [6.07, 6.45) is 0. The van der Waals surface area contributed by atoms with E-state index in [4.69, 9.17) is 9.40 Å². The third-order valence-electron chi connectivity index (χ3n) is 12.0. The molecular weight excluding hydrogens is 743 g/mol. The van der Waals surface area contributed by atoms with Gasteiger partial charge in [-0.25, -0.2) is 4.98 Å². The van der Waals surface area contributed by atoms with E-state index in [9.17, 15) is 0 Å². The summed E-state index contributed by atoms with van der Waals surface area (Å²) in [6, 6.07) is 80.1. The van der Waals surface area contributed by atoms with E-state index in [0.29, 0.717) is 5.89 Å². The summed E-state index contributed by atoms with van der Waals surface area (Å²) in [5, 5.41) is 7.11. The number of oxazole rings is 1. The maximum atomic E-state index is 6.32. The topological polar surface area (TPSA) is 34.2 Å². The van der Waals surface area contributed by atoms with Crippen molar-refractivity contribution in [1.82, 2.24) is 9.55 Å². The van der Waals surface area contributed by atoms with Crippen molar-refractivity contribution in [3.8, 4) is 39.4 Å². The lowest BCUT2D eigenvalue weighted by atomic mass is 9.97. The summed E-state index contributed by atoms with van der Waals surface area (Å²) < 4.78 is 8.69. The van der Waals surface area contributed by atoms with Gasteiger partial charge in [0.1, 0.15) is 5.52 Å². The highest BCUT2D eigenvalue weighted by atomic mass is 16.3. The van der Waals surface area contributed by atoms with Crippen molar-refractivity contribution in [3.05, 3.63) is 224 Å². The second-order valence-corrected chi connectivity index (χ2v) is 15.6. The average molecular weight is 780 g/mol. The number of fused-ring (bicyclic) bond motifs is 7. The minimum absolute atomic E-state index is 0.624. The Kier molecular flexibility index (Phi) is 8.13. The number of para-hydroxylation sites is 2. The molecule has 0 amide bonds. The van der Waals surface area contributed by atoms with E-state index in [1.54, 1.807) is 0 Å². The van der Waals surface area contributed by atoms with E-state index in [1.807, 2.05) is 36.4 Å². The first-order chi connectivity index (χ1) is 30.2. The highest BCUT2D eigenvalue weighted by molar-refractivity contribution is 6.12. The molecule has 0 aliphatic rings. The molecule has 2 aromatic heterocycles. The van der Waals surface area contributed by atoms with Crippen LogP contribution >= 0.6 is 0 Å². The monoisotopic (exact) mass is 779 g/mol. The van der Waals surface area contributed by atoms with Gasteiger partial charge in [0.15, 0.2) is 5.58 Å². The van der Waals surface area contributed by atoms with Crippen LogP contribution in [0, 0.1) is 0 Å². The van der Waals surface area contributed by atoms with Crippen LogP contribution < -0.4 is 4.90 Å². The Morgan fingerprint density at radius 1 is 0.393 bits per heavy atom. The van der Waals surface area contributed by atoms with Crippen LogP contribution in [-0.4, -0.2) is 9.55 Å². The van der Waals surface area contributed by atoms with Crippen molar-refractivity contribution in [2.24, 2.45) is 0 Å². The predicted molar refractivity (Wildman–Crippen MR) is 254 cm³/mol. The number of aromatic nitrogens is 2. The molecule has 0 aliphatic heterocycles. The van der Waals surface area contributed by atoms with Crippen molar-refractivity contribution >= 4 is 71.5 Å². The van der Waals surface area contributed by atoms with Crippen LogP contribution in [-0.2, 0) is 0 Å². The summed E-state index contributed by atoms with van der Waals surface area (Å²) in [6.45, 7) is 0. The molecule has 286 valence electrons. The molecule has 0 aliphatic carbocycles. The zero-order chi connectivity index (χ0) is 40.3. The van der Waals surface area contributed by atoms with Crippen LogP contribution in [0.5, 0.6) is 0 Å². The van der Waals surface area contributed by atoms with Gasteiger partial charge in [0, 0.05) is 44.5 Å². The van der Waals surface area contributed by atoms with E-state index in [2.05, 4.69) is 198 Å². The third-order valence-corrected chi connectivity index (χ3v) is 12.0. The number of benzene rings is 10. The normalized spacial score (nSPS) is 11.6. The Morgan fingerprint density at radius 2 is 1.02 bits per heavy atom. The molecule has 4 nitrogen and oxygen atoms in total. The maximum Gasteiger partial charge on any atom is 0.227 e. The van der Waals surface area contributed by atoms with E-state index in [0.717, 1.165) is 61.3 Å². The molecule has 0 atom stereocenters. The molecule has 12 aromatic rings. The fraction of sp³-hybridized carbons (Fsp3) is 0. The highest BCUT2D eigenvalue weighted by Crippen LogP contribution is 2.42. The second kappa shape index (κ2) is 14.3. The van der Waals surface area contributed by atoms with Gasteiger partial charge in [0.25, 0.3) is 0 Å². The largest absolute Gasteiger partial charge is 0.436 e. The average Bonchev–Trinajstić information content (AvgIpc) is 3.92. The van der Waals surface area contributed by atoms with Gasteiger partial charge in [-0.3, -0.25) is 0 Å². The number of hydrogen-bond donors (Lipinski definition) is 0. The molecule has 0 fully saturated rings. The van der Waals surface area contributed by atoms with E-state index < -0.39 is 0 Å². The van der Waals surface area contributed by atoms with Crippen LogP contribution in [0.3, 0.4) is 0 Å². The fourth-order valence-electron chi connectivity index (χ4n) is 9.07. The van der Waals surface area contributed by atoms with Crippen molar-refractivity contribution < 1.29 is 4.42 Å². The van der Waals surface area contributed by atoms with E-state index in [1.165, 1.54) is 43.7 Å². The minimum Gasteiger partial charge on any atom is -0.436 e. The molecule has 0 unspecified atom stereocenters. The number of anilines is 3. The minimum atomic E-state index is 0.624. The Hall–Kier alpha value is -8.21. The summed E-state index contributed by atoms with van der Waals surface area (Å²) >= 11 is 0. The Balaban J connectivity index is 0.995. The predicted octanol–water partition coefficient (Wildman–Crippen LogP) is 15.7. The molecule has 12 rings (SSSR count). The Morgan fingerprint density at radius 3 is 1.82 bits per heavy atom. The summed E-state index contributed by atoms with van der Waals surface area (Å²) in [5.74, 6) is 0.624. The van der Waals surface area contributed by atoms with Gasteiger partial charge in [-0.05, 0) is 123 Å². The molecule has 0 radical (unpaired) electrons. The zero-order valence-electron chi connectivity index (χ0n) is 33.1. The van der Waals surface area contributed by atoms with Crippen LogP contribution in [0.1, 0.15) is 0 Å². The van der Waals surface area contributed by atoms with Gasteiger partial charge in [-0.1, -0.05) is 140 Å². The van der Waals surface area contributed by atoms with E-state index >= 15 is 0 Å². The molecule has 2 heterocycles. The van der Waals surface area contributed by atoms with Gasteiger partial charge in [-0.15, -0.1) is 0 Å². The van der Waals surface area contributed by atoms with Crippen molar-refractivity contribution in [2.45, 2.75) is 0 Å². The molecule has 4 heteroatoms. The van der Waals surface area contributed by atoms with E-state index in [-0.39, 0.29) is 0 Å². The van der Waals surface area contributed by atoms with Crippen LogP contribution in [0.15, 0.2) is 229 Å². The lowest BCUT2D eigenvalue weighted by Crippen LogP contribution is -2.10. The van der Waals surface area contributed by atoms with Crippen LogP contribution in [0.2, 0.25) is 0 Å². The van der Waals surface area contributed by atoms with Crippen LogP contribution in [0.4, 0.5) is 17.1 Å². The number of hydrogen-bond acceptors (Lipinski definition) is 3. The molecule has 0 N–H and O–H groups in total. The summed E-state index contributed by atoms with van der Waals surface area (Å²) in [4.78, 5) is 7.43. The smallest absolute Gasteiger partial charge is 0.227 e. The van der Waals surface area contributed by atoms with Crippen molar-refractivity contribution in [3.63, 3.8) is 0 Å². The van der Waals surface area contributed by atoms with Crippen LogP contribution in [0.25, 0.3) is 93.8 Å². The molecule has 0 saturated heterocycles. The van der Waals surface area contributed by atoms with Crippen molar-refractivity contribution in [2.75, 3.05) is 4.90 Å². The first-order valence-corrected chi connectivity index (χ1v) is 20.7. The van der Waals surface area contributed by atoms with Gasteiger partial charge >= 0.3 is 0 Å². The quantitative estimate of drug-likeness (QED) is 0.162. The fourth-order valence-corrected chi connectivity index (χ4v) is 9.07. The van der Waals surface area contributed by atoms with Gasteiger partial charge in [0.2, 0.25) is 5.89 Å². The number of rotatable bonds is 7. The Bertz CT molecular complexity index is 3570. The number of nitrogens with zero attached hydrogens (tertiary/aromatic N) is 3. The molecule has 0 bridgehead atoms. The first-order valence-electron chi connectivity index (χ1n) is 20.7. The lowest BCUT2D eigenvalue weighted by Gasteiger charge is -2.26. The first kappa shape index (κ1) is 34.8. The standard InChI is InChI=1S/C57H37N3O/c1-3-13-42(14-4-1)57-58-56-54(61-57)35-28-41-16-11-20-49(55(41)56)40-26-31-47(32-27-40)59(46-29-24-39(25-30-46)44-23-22-38-12-7-8-15-43(38)36-44)48-33-34-53-51(37-48)50-19-9-10-21-52(50)60(53)45-17-5-2-6-18-45/h1-37H. The highest BCUT2D eigenvalue weighted by Gasteiger charge is 2.19. The maximum absolute atomic E-state index is 6.32. The Labute approximate surface area is 352 Å². The third kappa shape index (κ3) is 5.96. The van der Waals surface area contributed by atoms with Gasteiger partial charge < -0.3 is 13.9 Å². The molecule has 0 spiro atoms. The van der Waals surface area contributed by atoms with Crippen molar-refractivity contribution in [1.29, 1.82) is 0 Å². The molecule has 10 aromatic carbocycles. The molecular formula is C57H37N3O. The summed E-state index contributed by atoms with van der Waals surface area (Å²) in [7, 11) is 0. The second-order valence-electron chi connectivity index (χ2n) is 15.6. The van der Waals surface area contributed by atoms with Gasteiger partial charge in [-0.2, -0.15) is 0 Å². The zero-order valence-corrected chi connectivity index (χ0v) is 33.1. The molecule has 61 heavy (non-hydrogen) atoms. The van der Waals surface area contributed by atoms with Gasteiger partial charge in [0.05, 0.1) is 11.0 Å². The SMILES string of the molecule is c1ccc(-c2nc3c(ccc4cccc(-c5ccc(N(c6ccc(-c7ccc8ccccc8c7)cc6)c6ccc7c(c6)c6ccccc6n7-c6ccccc6)cc5)c43)o2)cc1. The lowest BCUT2D eigenvalue weighted by molar-refractivity contribution is 0.620.